The summed E-state index contributed by atoms with van der Waals surface area (Å²) in [6, 6.07) is 39.7. The van der Waals surface area contributed by atoms with Crippen LogP contribution < -0.4 is 4.90 Å². The molecule has 4 aromatic carbocycles. The average Bonchev–Trinajstić information content (AvgIpc) is 3.59. The number of hydrogen-bond donors (Lipinski definition) is 0. The molecule has 194 valence electrons. The molecule has 0 spiro atoms. The molecule has 1 fully saturated rings. The monoisotopic (exact) mass is 508 g/mol. The molecule has 2 atom stereocenters. The second-order valence-corrected chi connectivity index (χ2v) is 10.1. The molecule has 2 aliphatic rings. The molecule has 0 aromatic heterocycles. The van der Waals surface area contributed by atoms with Crippen molar-refractivity contribution in [3.8, 4) is 6.07 Å². The fourth-order valence-corrected chi connectivity index (χ4v) is 6.05. The Hall–Kier alpha value is -4.35. The topological polar surface area (TPSA) is 27.0 Å². The molecule has 39 heavy (non-hydrogen) atoms. The Labute approximate surface area is 233 Å². The quantitative estimate of drug-likeness (QED) is 0.198. The molecular formula is C37H36N2. The Morgan fingerprint density at radius 2 is 1.38 bits per heavy atom. The van der Waals surface area contributed by atoms with E-state index in [2.05, 4.69) is 120 Å². The Morgan fingerprint density at radius 1 is 0.769 bits per heavy atom. The van der Waals surface area contributed by atoms with Gasteiger partial charge in [0.05, 0.1) is 6.07 Å². The predicted octanol–water partition coefficient (Wildman–Crippen LogP) is 10.0. The Bertz CT molecular complexity index is 1460. The zero-order chi connectivity index (χ0) is 27.2. The van der Waals surface area contributed by atoms with E-state index in [1.165, 1.54) is 58.5 Å². The third-order valence-corrected chi connectivity index (χ3v) is 7.73. The highest BCUT2D eigenvalue weighted by molar-refractivity contribution is 5.91. The third kappa shape index (κ3) is 5.45. The average molecular weight is 509 g/mol. The lowest BCUT2D eigenvalue weighted by molar-refractivity contribution is 0.642. The number of benzene rings is 4. The molecule has 4 aromatic rings. The van der Waals surface area contributed by atoms with Crippen LogP contribution in [0, 0.1) is 11.3 Å². The summed E-state index contributed by atoms with van der Waals surface area (Å²) in [5.41, 5.74) is 10.7. The first-order chi connectivity index (χ1) is 19.2. The number of nitrogens with zero attached hydrogens (tertiary/aromatic N) is 2. The normalized spacial score (nSPS) is 17.4. The van der Waals surface area contributed by atoms with Crippen molar-refractivity contribution in [2.45, 2.75) is 52.0 Å². The van der Waals surface area contributed by atoms with Crippen molar-refractivity contribution in [3.63, 3.8) is 0 Å². The van der Waals surface area contributed by atoms with Crippen LogP contribution in [0.2, 0.25) is 0 Å². The lowest BCUT2D eigenvalue weighted by Gasteiger charge is -2.27. The van der Waals surface area contributed by atoms with E-state index in [9.17, 15) is 5.26 Å². The maximum atomic E-state index is 9.21. The highest BCUT2D eigenvalue weighted by Gasteiger charge is 2.42. The van der Waals surface area contributed by atoms with Crippen LogP contribution >= 0.6 is 0 Å². The number of nitriles is 1. The largest absolute Gasteiger partial charge is 0.338 e. The number of anilines is 2. The minimum Gasteiger partial charge on any atom is -0.338 e. The first-order valence-corrected chi connectivity index (χ1v) is 14.2. The standard InChI is InChI=1S/C35H30N2.C2H6/c1-25(24-36)21-27-17-20-35-33(23-27)31-13-8-14-34(31)37(35)30-18-15-26(16-19-30)22-32(28-9-4-2-5-10-28)29-11-6-3-7-12-29;1-2/h2-7,9-12,15-23,31,34H,8,13-14H2,1H3;1-2H3/b25-21-;. The number of allylic oxidation sites excluding steroid dienone is 1. The molecule has 0 amide bonds. The molecule has 2 heteroatoms. The van der Waals surface area contributed by atoms with E-state index in [4.69, 9.17) is 0 Å². The van der Waals surface area contributed by atoms with Crippen LogP contribution in [-0.4, -0.2) is 6.04 Å². The molecule has 0 saturated heterocycles. The lowest BCUT2D eigenvalue weighted by atomic mass is 9.95. The molecule has 2 nitrogen and oxygen atoms in total. The molecule has 0 N–H and O–H groups in total. The fourth-order valence-electron chi connectivity index (χ4n) is 6.05. The van der Waals surface area contributed by atoms with Gasteiger partial charge in [0.25, 0.3) is 0 Å². The highest BCUT2D eigenvalue weighted by atomic mass is 15.2. The van der Waals surface area contributed by atoms with Crippen molar-refractivity contribution in [1.29, 1.82) is 5.26 Å². The van der Waals surface area contributed by atoms with Gasteiger partial charge in [-0.1, -0.05) is 99.1 Å². The van der Waals surface area contributed by atoms with Crippen molar-refractivity contribution in [3.05, 3.63) is 137 Å². The zero-order valence-electron chi connectivity index (χ0n) is 23.1. The Balaban J connectivity index is 0.00000151. The van der Waals surface area contributed by atoms with Crippen LogP contribution in [0.4, 0.5) is 11.4 Å². The summed E-state index contributed by atoms with van der Waals surface area (Å²) in [5.74, 6) is 0.563. The molecule has 1 aliphatic heterocycles. The SMILES string of the molecule is C/C(C#N)=C/c1ccc2c(c1)C1CCCC1N2c1ccc(C=C(c2ccccc2)c2ccccc2)cc1.CC. The second kappa shape index (κ2) is 12.0. The summed E-state index contributed by atoms with van der Waals surface area (Å²) in [4.78, 5) is 2.56. The number of hydrogen-bond acceptors (Lipinski definition) is 2. The summed E-state index contributed by atoms with van der Waals surface area (Å²) < 4.78 is 0. The number of fused-ring (bicyclic) bond motifs is 3. The molecule has 1 aliphatic carbocycles. The molecule has 0 bridgehead atoms. The smallest absolute Gasteiger partial charge is 0.0944 e. The van der Waals surface area contributed by atoms with Gasteiger partial charge >= 0.3 is 0 Å². The van der Waals surface area contributed by atoms with Gasteiger partial charge in [-0.3, -0.25) is 0 Å². The van der Waals surface area contributed by atoms with Gasteiger partial charge in [-0.25, -0.2) is 0 Å². The van der Waals surface area contributed by atoms with E-state index >= 15 is 0 Å². The zero-order valence-corrected chi connectivity index (χ0v) is 23.1. The van der Waals surface area contributed by atoms with E-state index in [0.717, 1.165) is 11.1 Å². The van der Waals surface area contributed by atoms with Crippen molar-refractivity contribution in [2.24, 2.45) is 0 Å². The summed E-state index contributed by atoms with van der Waals surface area (Å²) >= 11 is 0. The van der Waals surface area contributed by atoms with E-state index in [1.807, 2.05) is 26.8 Å². The van der Waals surface area contributed by atoms with E-state index in [-0.39, 0.29) is 0 Å². The van der Waals surface area contributed by atoms with Crippen molar-refractivity contribution >= 4 is 29.1 Å². The van der Waals surface area contributed by atoms with Gasteiger partial charge in [0.15, 0.2) is 0 Å². The van der Waals surface area contributed by atoms with Gasteiger partial charge in [-0.05, 0) is 89.6 Å². The molecule has 1 saturated carbocycles. The summed E-state index contributed by atoms with van der Waals surface area (Å²) in [5, 5.41) is 9.21. The molecule has 6 rings (SSSR count). The molecule has 2 unspecified atom stereocenters. The lowest BCUT2D eigenvalue weighted by Crippen LogP contribution is -2.26. The van der Waals surface area contributed by atoms with E-state index in [0.29, 0.717) is 12.0 Å². The second-order valence-electron chi connectivity index (χ2n) is 10.1. The Morgan fingerprint density at radius 3 is 2.00 bits per heavy atom. The van der Waals surface area contributed by atoms with Gasteiger partial charge < -0.3 is 4.90 Å². The number of rotatable bonds is 5. The third-order valence-electron chi connectivity index (χ3n) is 7.73. The fraction of sp³-hybridized carbons (Fsp3) is 0.216. The van der Waals surface area contributed by atoms with Crippen molar-refractivity contribution in [2.75, 3.05) is 4.90 Å². The molecule has 0 radical (unpaired) electrons. The van der Waals surface area contributed by atoms with Crippen LogP contribution in [-0.2, 0) is 0 Å². The molecule has 1 heterocycles. The van der Waals surface area contributed by atoms with Crippen LogP contribution in [0.3, 0.4) is 0 Å². The summed E-state index contributed by atoms with van der Waals surface area (Å²) in [7, 11) is 0. The minimum atomic E-state index is 0.511. The van der Waals surface area contributed by atoms with Crippen molar-refractivity contribution < 1.29 is 0 Å². The van der Waals surface area contributed by atoms with Gasteiger partial charge in [0.2, 0.25) is 0 Å². The predicted molar refractivity (Wildman–Crippen MR) is 166 cm³/mol. The Kier molecular flexibility index (Phi) is 8.09. The van der Waals surface area contributed by atoms with Gasteiger partial charge in [-0.15, -0.1) is 0 Å². The maximum Gasteiger partial charge on any atom is 0.0944 e. The van der Waals surface area contributed by atoms with Crippen molar-refractivity contribution in [1.82, 2.24) is 0 Å². The highest BCUT2D eigenvalue weighted by Crippen LogP contribution is 2.52. The van der Waals surface area contributed by atoms with Crippen LogP contribution in [0.1, 0.15) is 73.8 Å². The van der Waals surface area contributed by atoms with Gasteiger partial charge in [0.1, 0.15) is 0 Å². The maximum absolute atomic E-state index is 9.21. The summed E-state index contributed by atoms with van der Waals surface area (Å²) in [6.07, 6.45) is 8.00. The van der Waals surface area contributed by atoms with E-state index in [1.54, 1.807) is 0 Å². The van der Waals surface area contributed by atoms with E-state index < -0.39 is 0 Å². The summed E-state index contributed by atoms with van der Waals surface area (Å²) in [6.45, 7) is 5.87. The van der Waals surface area contributed by atoms with Gasteiger partial charge in [-0.2, -0.15) is 5.26 Å². The molecular weight excluding hydrogens is 472 g/mol. The van der Waals surface area contributed by atoms with Gasteiger partial charge in [0, 0.05) is 28.9 Å². The first kappa shape index (κ1) is 26.3. The van der Waals surface area contributed by atoms with Crippen LogP contribution in [0.5, 0.6) is 0 Å². The van der Waals surface area contributed by atoms with Crippen LogP contribution in [0.15, 0.2) is 109 Å². The minimum absolute atomic E-state index is 0.511. The van der Waals surface area contributed by atoms with Crippen LogP contribution in [0.25, 0.3) is 17.7 Å². The first-order valence-electron chi connectivity index (χ1n) is 14.2.